The first-order chi connectivity index (χ1) is 8.86. The van der Waals surface area contributed by atoms with Gasteiger partial charge in [0.2, 0.25) is 0 Å². The lowest BCUT2D eigenvalue weighted by atomic mass is 10.0. The van der Waals surface area contributed by atoms with E-state index < -0.39 is 11.8 Å². The Morgan fingerprint density at radius 2 is 1.84 bits per heavy atom. The van der Waals surface area contributed by atoms with Crippen molar-refractivity contribution in [3.8, 4) is 5.75 Å². The van der Waals surface area contributed by atoms with Crippen molar-refractivity contribution in [2.45, 2.75) is 40.7 Å². The number of esters is 1. The quantitative estimate of drug-likeness (QED) is 0.466. The van der Waals surface area contributed by atoms with E-state index in [4.69, 9.17) is 9.47 Å². The van der Waals surface area contributed by atoms with E-state index >= 15 is 0 Å². The fraction of sp³-hybridized carbons (Fsp3) is 0.467. The Morgan fingerprint density at radius 1 is 1.21 bits per heavy atom. The first-order valence-corrected chi connectivity index (χ1v) is 6.36. The van der Waals surface area contributed by atoms with Crippen molar-refractivity contribution in [3.05, 3.63) is 28.8 Å². The van der Waals surface area contributed by atoms with Crippen molar-refractivity contribution in [2.75, 3.05) is 6.61 Å². The van der Waals surface area contributed by atoms with Crippen molar-refractivity contribution in [1.82, 2.24) is 0 Å². The van der Waals surface area contributed by atoms with Crippen molar-refractivity contribution >= 4 is 11.8 Å². The number of carbonyl (C=O) groups excluding carboxylic acids is 2. The fourth-order valence-corrected chi connectivity index (χ4v) is 1.82. The van der Waals surface area contributed by atoms with Crippen LogP contribution in [-0.4, -0.2) is 24.5 Å². The van der Waals surface area contributed by atoms with Gasteiger partial charge in [-0.15, -0.1) is 0 Å². The van der Waals surface area contributed by atoms with Gasteiger partial charge in [0, 0.05) is 0 Å². The van der Waals surface area contributed by atoms with Crippen LogP contribution in [0.25, 0.3) is 0 Å². The number of hydrogen-bond acceptors (Lipinski definition) is 4. The zero-order valence-electron chi connectivity index (χ0n) is 12.1. The number of ketones is 1. The summed E-state index contributed by atoms with van der Waals surface area (Å²) < 4.78 is 10.4. The highest BCUT2D eigenvalue weighted by Crippen LogP contribution is 2.27. The van der Waals surface area contributed by atoms with Crippen molar-refractivity contribution < 1.29 is 19.1 Å². The number of benzene rings is 1. The summed E-state index contributed by atoms with van der Waals surface area (Å²) in [6.07, 6.45) is -0.0739. The minimum Gasteiger partial charge on any atom is -0.490 e. The number of Topliss-reactive ketones (excluding diaryl/α,β-unsaturated/α-hetero) is 1. The lowest BCUT2D eigenvalue weighted by Gasteiger charge is -2.16. The molecule has 0 N–H and O–H groups in total. The van der Waals surface area contributed by atoms with Gasteiger partial charge in [-0.1, -0.05) is 6.07 Å². The van der Waals surface area contributed by atoms with Gasteiger partial charge >= 0.3 is 5.97 Å². The third-order valence-corrected chi connectivity index (χ3v) is 2.48. The summed E-state index contributed by atoms with van der Waals surface area (Å²) >= 11 is 0. The molecular weight excluding hydrogens is 244 g/mol. The molecule has 0 amide bonds. The molecule has 0 fully saturated rings. The number of hydrogen-bond donors (Lipinski definition) is 0. The van der Waals surface area contributed by atoms with Gasteiger partial charge in [0.1, 0.15) is 5.75 Å². The largest absolute Gasteiger partial charge is 0.490 e. The average molecular weight is 264 g/mol. The summed E-state index contributed by atoms with van der Waals surface area (Å²) in [6, 6.07) is 3.57. The van der Waals surface area contributed by atoms with E-state index in [0.717, 1.165) is 11.1 Å². The molecule has 104 valence electrons. The standard InChI is InChI=1S/C15H20O4/c1-6-18-15(17)13(16)12-8-10(4)7-11(5)14(12)19-9(2)3/h7-9H,6H2,1-5H3. The average Bonchev–Trinajstić information content (AvgIpc) is 2.31. The minimum atomic E-state index is -0.846. The molecule has 4 heteroatoms. The summed E-state index contributed by atoms with van der Waals surface area (Å²) in [6.45, 7) is 9.31. The van der Waals surface area contributed by atoms with Gasteiger partial charge in [0.25, 0.3) is 5.78 Å². The maximum atomic E-state index is 12.1. The molecule has 0 saturated carbocycles. The van der Waals surface area contributed by atoms with Crippen molar-refractivity contribution in [3.63, 3.8) is 0 Å². The zero-order chi connectivity index (χ0) is 14.6. The van der Waals surface area contributed by atoms with Crippen LogP contribution in [0.4, 0.5) is 0 Å². The maximum Gasteiger partial charge on any atom is 0.379 e. The molecule has 0 spiro atoms. The van der Waals surface area contributed by atoms with Crippen molar-refractivity contribution in [2.24, 2.45) is 0 Å². The Kier molecular flexibility index (Phi) is 5.10. The Hall–Kier alpha value is -1.84. The molecule has 0 aliphatic heterocycles. The molecule has 4 nitrogen and oxygen atoms in total. The van der Waals surface area contributed by atoms with E-state index in [1.807, 2.05) is 33.8 Å². The highest BCUT2D eigenvalue weighted by Gasteiger charge is 2.23. The highest BCUT2D eigenvalue weighted by atomic mass is 16.5. The Bertz CT molecular complexity index is 489. The van der Waals surface area contributed by atoms with Crippen LogP contribution < -0.4 is 4.74 Å². The molecule has 0 aliphatic rings. The van der Waals surface area contributed by atoms with Crippen LogP contribution in [0, 0.1) is 13.8 Å². The number of ether oxygens (including phenoxy) is 2. The molecule has 0 aliphatic carbocycles. The normalized spacial score (nSPS) is 10.4. The highest BCUT2D eigenvalue weighted by molar-refractivity contribution is 6.41. The molecule has 0 aromatic heterocycles. The van der Waals surface area contributed by atoms with Crippen LogP contribution in [0.3, 0.4) is 0 Å². The van der Waals surface area contributed by atoms with Crippen LogP contribution in [0.5, 0.6) is 5.75 Å². The molecule has 19 heavy (non-hydrogen) atoms. The molecule has 1 aromatic carbocycles. The molecule has 0 heterocycles. The fourth-order valence-electron chi connectivity index (χ4n) is 1.82. The monoisotopic (exact) mass is 264 g/mol. The van der Waals surface area contributed by atoms with Crippen LogP contribution in [0.2, 0.25) is 0 Å². The SMILES string of the molecule is CCOC(=O)C(=O)c1cc(C)cc(C)c1OC(C)C. The molecule has 0 atom stereocenters. The van der Waals surface area contributed by atoms with Gasteiger partial charge in [0.05, 0.1) is 18.3 Å². The smallest absolute Gasteiger partial charge is 0.379 e. The molecule has 1 rings (SSSR count). The second kappa shape index (κ2) is 6.36. The van der Waals surface area contributed by atoms with E-state index in [2.05, 4.69) is 0 Å². The second-order valence-electron chi connectivity index (χ2n) is 4.67. The lowest BCUT2D eigenvalue weighted by molar-refractivity contribution is -0.137. The van der Waals surface area contributed by atoms with Gasteiger partial charge < -0.3 is 9.47 Å². The summed E-state index contributed by atoms with van der Waals surface area (Å²) in [4.78, 5) is 23.7. The Morgan fingerprint density at radius 3 is 2.37 bits per heavy atom. The molecule has 0 bridgehead atoms. The molecule has 0 unspecified atom stereocenters. The van der Waals surface area contributed by atoms with Gasteiger partial charge in [-0.3, -0.25) is 4.79 Å². The number of carbonyl (C=O) groups is 2. The minimum absolute atomic E-state index is 0.0739. The first kappa shape index (κ1) is 15.2. The predicted octanol–water partition coefficient (Wildman–Crippen LogP) is 2.84. The zero-order valence-corrected chi connectivity index (χ0v) is 12.1. The van der Waals surface area contributed by atoms with Gasteiger partial charge in [-0.2, -0.15) is 0 Å². The Labute approximate surface area is 113 Å². The van der Waals surface area contributed by atoms with Crippen LogP contribution in [0.15, 0.2) is 12.1 Å². The molecule has 0 radical (unpaired) electrons. The number of rotatable bonds is 5. The van der Waals surface area contributed by atoms with Crippen LogP contribution in [-0.2, 0) is 9.53 Å². The summed E-state index contributed by atoms with van der Waals surface area (Å²) in [5.41, 5.74) is 2.01. The number of aryl methyl sites for hydroxylation is 2. The van der Waals surface area contributed by atoms with E-state index in [9.17, 15) is 9.59 Å². The topological polar surface area (TPSA) is 52.6 Å². The summed E-state index contributed by atoms with van der Waals surface area (Å²) in [5, 5.41) is 0. The molecule has 0 saturated heterocycles. The molecular formula is C15H20O4. The van der Waals surface area contributed by atoms with Gasteiger partial charge in [-0.25, -0.2) is 4.79 Å². The third-order valence-electron chi connectivity index (χ3n) is 2.48. The van der Waals surface area contributed by atoms with E-state index in [0.29, 0.717) is 5.75 Å². The second-order valence-corrected chi connectivity index (χ2v) is 4.67. The molecule has 1 aromatic rings. The lowest BCUT2D eigenvalue weighted by Crippen LogP contribution is -2.20. The predicted molar refractivity (Wildman–Crippen MR) is 72.6 cm³/mol. The summed E-state index contributed by atoms with van der Waals surface area (Å²) in [5.74, 6) is -1.05. The van der Waals surface area contributed by atoms with E-state index in [1.165, 1.54) is 0 Å². The van der Waals surface area contributed by atoms with E-state index in [-0.39, 0.29) is 18.3 Å². The summed E-state index contributed by atoms with van der Waals surface area (Å²) in [7, 11) is 0. The van der Waals surface area contributed by atoms with Gasteiger partial charge in [-0.05, 0) is 51.8 Å². The van der Waals surface area contributed by atoms with Crippen LogP contribution in [0.1, 0.15) is 42.3 Å². The maximum absolute atomic E-state index is 12.1. The van der Waals surface area contributed by atoms with Crippen molar-refractivity contribution in [1.29, 1.82) is 0 Å². The first-order valence-electron chi connectivity index (χ1n) is 6.36. The van der Waals surface area contributed by atoms with Gasteiger partial charge in [0.15, 0.2) is 0 Å². The Balaban J connectivity index is 3.24. The van der Waals surface area contributed by atoms with Crippen LogP contribution >= 0.6 is 0 Å². The van der Waals surface area contributed by atoms with E-state index in [1.54, 1.807) is 13.0 Å². The third kappa shape index (κ3) is 3.81.